The second-order valence-electron chi connectivity index (χ2n) is 5.07. The average Bonchev–Trinajstić information content (AvgIpc) is 3.04. The lowest BCUT2D eigenvalue weighted by atomic mass is 10.2. The van der Waals surface area contributed by atoms with Gasteiger partial charge in [-0.25, -0.2) is 0 Å². The molecule has 0 radical (unpaired) electrons. The van der Waals surface area contributed by atoms with Crippen molar-refractivity contribution in [2.24, 2.45) is 0 Å². The molecule has 0 saturated carbocycles. The van der Waals surface area contributed by atoms with E-state index in [-0.39, 0.29) is 5.91 Å². The molecule has 5 heteroatoms. The highest BCUT2D eigenvalue weighted by atomic mass is 16.3. The molecule has 0 unspecified atom stereocenters. The molecule has 0 aliphatic heterocycles. The van der Waals surface area contributed by atoms with Crippen LogP contribution in [0.2, 0.25) is 0 Å². The molecular weight excluding hydrogens is 268 g/mol. The standard InChI is InChI=1S/C16H16N2O3/c1-10-11(5-6-20-10)9-18(2)16(19)15-8-12-7-13(17)3-4-14(12)21-15/h3-8H,9,17H2,1-2H3. The topological polar surface area (TPSA) is 72.6 Å². The quantitative estimate of drug-likeness (QED) is 0.750. The number of nitrogens with two attached hydrogens (primary N) is 1. The first-order valence-electron chi connectivity index (χ1n) is 6.62. The number of hydrogen-bond donors (Lipinski definition) is 1. The fourth-order valence-electron chi connectivity index (χ4n) is 2.26. The van der Waals surface area contributed by atoms with Crippen LogP contribution < -0.4 is 5.73 Å². The van der Waals surface area contributed by atoms with Gasteiger partial charge >= 0.3 is 0 Å². The molecule has 2 heterocycles. The maximum atomic E-state index is 12.4. The number of fused-ring (bicyclic) bond motifs is 1. The minimum atomic E-state index is -0.176. The Labute approximate surface area is 121 Å². The van der Waals surface area contributed by atoms with E-state index in [9.17, 15) is 4.79 Å². The zero-order chi connectivity index (χ0) is 15.0. The summed E-state index contributed by atoms with van der Waals surface area (Å²) in [4.78, 5) is 14.0. The molecule has 0 atom stereocenters. The zero-order valence-electron chi connectivity index (χ0n) is 11.9. The molecule has 21 heavy (non-hydrogen) atoms. The number of rotatable bonds is 3. The molecule has 0 aliphatic carbocycles. The Hall–Kier alpha value is -2.69. The van der Waals surface area contributed by atoms with Gasteiger partial charge in [-0.05, 0) is 37.3 Å². The number of anilines is 1. The fraction of sp³-hybridized carbons (Fsp3) is 0.188. The SMILES string of the molecule is Cc1occc1CN(C)C(=O)c1cc2cc(N)ccc2o1. The normalized spacial score (nSPS) is 11.0. The van der Waals surface area contributed by atoms with Crippen LogP contribution in [0.3, 0.4) is 0 Å². The molecule has 0 aliphatic rings. The van der Waals surface area contributed by atoms with Gasteiger partial charge in [-0.15, -0.1) is 0 Å². The number of carbonyl (C=O) groups is 1. The molecule has 0 saturated heterocycles. The van der Waals surface area contributed by atoms with Gasteiger partial charge in [0.15, 0.2) is 5.76 Å². The van der Waals surface area contributed by atoms with Crippen LogP contribution in [0.1, 0.15) is 21.9 Å². The van der Waals surface area contributed by atoms with Gasteiger partial charge in [-0.1, -0.05) is 0 Å². The Bertz CT molecular complexity index is 801. The van der Waals surface area contributed by atoms with Gasteiger partial charge in [-0.2, -0.15) is 0 Å². The van der Waals surface area contributed by atoms with Crippen molar-refractivity contribution in [1.82, 2.24) is 4.90 Å². The molecule has 1 amide bonds. The summed E-state index contributed by atoms with van der Waals surface area (Å²) < 4.78 is 10.8. The summed E-state index contributed by atoms with van der Waals surface area (Å²) in [6.45, 7) is 2.35. The highest BCUT2D eigenvalue weighted by Crippen LogP contribution is 2.23. The molecule has 1 aromatic carbocycles. The Morgan fingerprint density at radius 1 is 1.29 bits per heavy atom. The second-order valence-corrected chi connectivity index (χ2v) is 5.07. The lowest BCUT2D eigenvalue weighted by Gasteiger charge is -2.14. The number of nitrogens with zero attached hydrogens (tertiary/aromatic N) is 1. The highest BCUT2D eigenvalue weighted by Gasteiger charge is 2.18. The van der Waals surface area contributed by atoms with Crippen molar-refractivity contribution in [2.45, 2.75) is 13.5 Å². The third kappa shape index (κ3) is 2.50. The van der Waals surface area contributed by atoms with Crippen molar-refractivity contribution in [2.75, 3.05) is 12.8 Å². The zero-order valence-corrected chi connectivity index (χ0v) is 11.9. The van der Waals surface area contributed by atoms with Crippen molar-refractivity contribution in [3.63, 3.8) is 0 Å². The summed E-state index contributed by atoms with van der Waals surface area (Å²) in [5.41, 5.74) is 8.00. The van der Waals surface area contributed by atoms with E-state index in [2.05, 4.69) is 0 Å². The van der Waals surface area contributed by atoms with Crippen LogP contribution in [0.25, 0.3) is 11.0 Å². The number of hydrogen-bond acceptors (Lipinski definition) is 4. The Morgan fingerprint density at radius 2 is 2.10 bits per heavy atom. The van der Waals surface area contributed by atoms with Gasteiger partial charge in [0, 0.05) is 30.2 Å². The van der Waals surface area contributed by atoms with Crippen molar-refractivity contribution in [1.29, 1.82) is 0 Å². The summed E-state index contributed by atoms with van der Waals surface area (Å²) in [7, 11) is 1.73. The molecule has 2 N–H and O–H groups in total. The number of amides is 1. The number of carbonyl (C=O) groups excluding carboxylic acids is 1. The first-order chi connectivity index (χ1) is 10.0. The van der Waals surface area contributed by atoms with E-state index < -0.39 is 0 Å². The number of nitrogen functional groups attached to an aromatic ring is 1. The molecule has 0 spiro atoms. The number of benzene rings is 1. The summed E-state index contributed by atoms with van der Waals surface area (Å²) in [6.07, 6.45) is 1.62. The van der Waals surface area contributed by atoms with Crippen LogP contribution in [0.15, 0.2) is 45.4 Å². The van der Waals surface area contributed by atoms with Crippen LogP contribution in [-0.2, 0) is 6.54 Å². The van der Waals surface area contributed by atoms with Crippen LogP contribution in [0, 0.1) is 6.92 Å². The molecule has 108 valence electrons. The van der Waals surface area contributed by atoms with Crippen LogP contribution in [0.5, 0.6) is 0 Å². The van der Waals surface area contributed by atoms with Crippen molar-refractivity contribution >= 4 is 22.6 Å². The van der Waals surface area contributed by atoms with Crippen LogP contribution in [-0.4, -0.2) is 17.9 Å². The van der Waals surface area contributed by atoms with Crippen molar-refractivity contribution in [3.05, 3.63) is 53.7 Å². The second kappa shape index (κ2) is 5.01. The Morgan fingerprint density at radius 3 is 2.81 bits per heavy atom. The Kier molecular flexibility index (Phi) is 3.17. The minimum Gasteiger partial charge on any atom is -0.469 e. The largest absolute Gasteiger partial charge is 0.469 e. The molecule has 2 aromatic heterocycles. The lowest BCUT2D eigenvalue weighted by molar-refractivity contribution is 0.0755. The number of aryl methyl sites for hydroxylation is 1. The smallest absolute Gasteiger partial charge is 0.289 e. The van der Waals surface area contributed by atoms with E-state index in [1.54, 1.807) is 42.5 Å². The minimum absolute atomic E-state index is 0.176. The predicted molar refractivity (Wildman–Crippen MR) is 79.9 cm³/mol. The molecule has 5 nitrogen and oxygen atoms in total. The maximum Gasteiger partial charge on any atom is 0.289 e. The summed E-state index contributed by atoms with van der Waals surface area (Å²) in [5.74, 6) is 0.941. The molecule has 3 rings (SSSR count). The molecular formula is C16H16N2O3. The summed E-state index contributed by atoms with van der Waals surface area (Å²) >= 11 is 0. The van der Waals surface area contributed by atoms with Crippen molar-refractivity contribution in [3.8, 4) is 0 Å². The first-order valence-corrected chi connectivity index (χ1v) is 6.62. The monoisotopic (exact) mass is 284 g/mol. The molecule has 0 bridgehead atoms. The van der Waals surface area contributed by atoms with Crippen LogP contribution >= 0.6 is 0 Å². The summed E-state index contributed by atoms with van der Waals surface area (Å²) in [5, 5.41) is 0.825. The van der Waals surface area contributed by atoms with Gasteiger partial charge in [0.25, 0.3) is 5.91 Å². The highest BCUT2D eigenvalue weighted by molar-refractivity contribution is 5.96. The van der Waals surface area contributed by atoms with Crippen molar-refractivity contribution < 1.29 is 13.6 Å². The third-order valence-corrected chi connectivity index (χ3v) is 3.47. The summed E-state index contributed by atoms with van der Waals surface area (Å²) in [6, 6.07) is 8.88. The van der Waals surface area contributed by atoms with Gasteiger partial charge in [0.2, 0.25) is 0 Å². The van der Waals surface area contributed by atoms with Gasteiger partial charge in [0.05, 0.1) is 6.26 Å². The first kappa shape index (κ1) is 13.3. The third-order valence-electron chi connectivity index (χ3n) is 3.47. The van der Waals surface area contributed by atoms with Crippen LogP contribution in [0.4, 0.5) is 5.69 Å². The Balaban J connectivity index is 1.84. The van der Waals surface area contributed by atoms with E-state index in [4.69, 9.17) is 14.6 Å². The van der Waals surface area contributed by atoms with E-state index in [1.165, 1.54) is 0 Å². The lowest BCUT2D eigenvalue weighted by Crippen LogP contribution is -2.25. The number of furan rings is 2. The fourth-order valence-corrected chi connectivity index (χ4v) is 2.26. The van der Waals surface area contributed by atoms with E-state index in [0.29, 0.717) is 23.6 Å². The molecule has 3 aromatic rings. The van der Waals surface area contributed by atoms with Gasteiger partial charge < -0.3 is 19.5 Å². The van der Waals surface area contributed by atoms with E-state index >= 15 is 0 Å². The average molecular weight is 284 g/mol. The van der Waals surface area contributed by atoms with E-state index in [1.807, 2.05) is 13.0 Å². The predicted octanol–water partition coefficient (Wildman–Crippen LogP) is 3.19. The van der Waals surface area contributed by atoms with Gasteiger partial charge in [-0.3, -0.25) is 4.79 Å². The van der Waals surface area contributed by atoms with Gasteiger partial charge in [0.1, 0.15) is 11.3 Å². The molecule has 0 fully saturated rings. The maximum absolute atomic E-state index is 12.4. The van der Waals surface area contributed by atoms with E-state index in [0.717, 1.165) is 16.7 Å².